The molecule has 0 amide bonds. The number of Topliss-reactive ketones (excluding diaryl/α,β-unsaturated/α-hetero) is 2. The highest BCUT2D eigenvalue weighted by atomic mass is 35.5. The van der Waals surface area contributed by atoms with E-state index >= 15 is 0 Å². The number of carbonyl (C=O) groups excluding carboxylic acids is 2. The number of carbonyl (C=O) groups is 2. The van der Waals surface area contributed by atoms with Gasteiger partial charge in [0.25, 0.3) is 0 Å². The zero-order chi connectivity index (χ0) is 19.8. The molecule has 2 rings (SSSR count). The van der Waals surface area contributed by atoms with Crippen molar-refractivity contribution in [2.24, 2.45) is 0 Å². The maximum Gasteiger partial charge on any atom is 0.228 e. The highest BCUT2D eigenvalue weighted by molar-refractivity contribution is 6.55. The minimum Gasteiger partial charge on any atom is -0.490 e. The van der Waals surface area contributed by atoms with Gasteiger partial charge in [-0.15, -0.1) is 0 Å². The Hall–Kier alpha value is -1.72. The molecule has 27 heavy (non-hydrogen) atoms. The van der Waals surface area contributed by atoms with Gasteiger partial charge in [-0.1, -0.05) is 76.7 Å². The molecule has 0 spiro atoms. The largest absolute Gasteiger partial charge is 0.490 e. The molecule has 0 aliphatic carbocycles. The van der Waals surface area contributed by atoms with Gasteiger partial charge < -0.3 is 9.47 Å². The first-order valence-electron chi connectivity index (χ1n) is 7.77. The van der Waals surface area contributed by atoms with Gasteiger partial charge in [0, 0.05) is 24.1 Å². The predicted octanol–water partition coefficient (Wildman–Crippen LogP) is 5.91. The molecule has 0 unspecified atom stereocenters. The molecule has 0 aromatic heterocycles. The van der Waals surface area contributed by atoms with Crippen LogP contribution in [0.3, 0.4) is 0 Å². The van der Waals surface area contributed by atoms with Crippen LogP contribution in [0.1, 0.15) is 16.8 Å². The molecule has 2 aromatic rings. The van der Waals surface area contributed by atoms with Crippen molar-refractivity contribution in [2.45, 2.75) is 6.42 Å². The second-order valence-electron chi connectivity index (χ2n) is 5.24. The monoisotopic (exact) mass is 446 g/mol. The maximum absolute atomic E-state index is 12.0. The first kappa shape index (κ1) is 21.6. The third-order valence-electron chi connectivity index (χ3n) is 3.32. The highest BCUT2D eigenvalue weighted by Crippen LogP contribution is 2.37. The summed E-state index contributed by atoms with van der Waals surface area (Å²) in [5.74, 6) is -0.514. The van der Waals surface area contributed by atoms with Crippen LogP contribution in [0.2, 0.25) is 10.0 Å². The third kappa shape index (κ3) is 6.74. The van der Waals surface area contributed by atoms with Crippen molar-refractivity contribution in [1.29, 1.82) is 0 Å². The maximum atomic E-state index is 12.0. The molecule has 0 saturated carbocycles. The molecule has 0 radical (unpaired) electrons. The first-order valence-corrected chi connectivity index (χ1v) is 9.28. The molecule has 0 N–H and O–H groups in total. The Bertz CT molecular complexity index is 823. The van der Waals surface area contributed by atoms with Crippen molar-refractivity contribution in [2.75, 3.05) is 13.2 Å². The van der Waals surface area contributed by atoms with Gasteiger partial charge in [-0.2, -0.15) is 0 Å². The SMILES string of the molecule is O=C(CCOc1c(Cl)cc(OCC=C(Cl)Cl)cc1Cl)C(=O)c1ccccc1. The Morgan fingerprint density at radius 2 is 1.59 bits per heavy atom. The molecule has 0 aliphatic heterocycles. The van der Waals surface area contributed by atoms with Crippen LogP contribution in [-0.4, -0.2) is 24.8 Å². The number of hydrogen-bond acceptors (Lipinski definition) is 4. The molecule has 8 heteroatoms. The Labute approximate surface area is 176 Å². The summed E-state index contributed by atoms with van der Waals surface area (Å²) in [5, 5.41) is 0.417. The average molecular weight is 448 g/mol. The Balaban J connectivity index is 1.92. The molecule has 4 nitrogen and oxygen atoms in total. The minimum absolute atomic E-state index is 0.0400. The minimum atomic E-state index is -0.564. The standard InChI is InChI=1S/C19H14Cl4O4/c20-14-10-13(26-9-7-17(22)23)11-15(21)19(14)27-8-6-16(24)18(25)12-4-2-1-3-5-12/h1-5,7,10-11H,6,8-9H2. The second-order valence-corrected chi connectivity index (χ2v) is 7.06. The zero-order valence-electron chi connectivity index (χ0n) is 13.9. The lowest BCUT2D eigenvalue weighted by Gasteiger charge is -2.12. The van der Waals surface area contributed by atoms with Crippen LogP contribution in [0, 0.1) is 0 Å². The Morgan fingerprint density at radius 1 is 0.963 bits per heavy atom. The number of ether oxygens (including phenoxy) is 2. The molecule has 2 aromatic carbocycles. The fourth-order valence-corrected chi connectivity index (χ4v) is 2.77. The van der Waals surface area contributed by atoms with Crippen molar-refractivity contribution >= 4 is 58.0 Å². The lowest BCUT2D eigenvalue weighted by molar-refractivity contribution is -0.115. The topological polar surface area (TPSA) is 52.6 Å². The van der Waals surface area contributed by atoms with Crippen LogP contribution in [0.25, 0.3) is 0 Å². The molecule has 0 bridgehead atoms. The summed E-state index contributed by atoms with van der Waals surface area (Å²) in [7, 11) is 0. The van der Waals surface area contributed by atoms with Gasteiger partial charge in [0.1, 0.15) is 16.8 Å². The van der Waals surface area contributed by atoms with Crippen molar-refractivity contribution < 1.29 is 19.1 Å². The molecule has 142 valence electrons. The van der Waals surface area contributed by atoms with Crippen molar-refractivity contribution in [1.82, 2.24) is 0 Å². The number of hydrogen-bond donors (Lipinski definition) is 0. The van der Waals surface area contributed by atoms with Gasteiger partial charge in [0.15, 0.2) is 5.75 Å². The zero-order valence-corrected chi connectivity index (χ0v) is 16.9. The van der Waals surface area contributed by atoms with Gasteiger partial charge in [0.05, 0.1) is 16.7 Å². The van der Waals surface area contributed by atoms with E-state index < -0.39 is 11.6 Å². The normalized spacial score (nSPS) is 10.2. The fraction of sp³-hybridized carbons (Fsp3) is 0.158. The third-order valence-corrected chi connectivity index (χ3v) is 4.19. The molecule has 0 saturated heterocycles. The van der Waals surface area contributed by atoms with E-state index in [1.807, 2.05) is 0 Å². The van der Waals surface area contributed by atoms with Crippen LogP contribution >= 0.6 is 46.4 Å². The van der Waals surface area contributed by atoms with E-state index in [1.54, 1.807) is 30.3 Å². The van der Waals surface area contributed by atoms with Crippen LogP contribution in [0.5, 0.6) is 11.5 Å². The van der Waals surface area contributed by atoms with Crippen molar-refractivity contribution in [3.8, 4) is 11.5 Å². The summed E-state index contributed by atoms with van der Waals surface area (Å²) in [6.45, 7) is 0.104. The van der Waals surface area contributed by atoms with E-state index in [1.165, 1.54) is 18.2 Å². The Morgan fingerprint density at radius 3 is 2.19 bits per heavy atom. The summed E-state index contributed by atoms with van der Waals surface area (Å²) >= 11 is 23.3. The number of ketones is 2. The van der Waals surface area contributed by atoms with Gasteiger partial charge >= 0.3 is 0 Å². The fourth-order valence-electron chi connectivity index (χ4n) is 2.07. The molecule has 0 heterocycles. The van der Waals surface area contributed by atoms with Crippen LogP contribution < -0.4 is 9.47 Å². The molecular formula is C19H14Cl4O4. The second kappa shape index (κ2) is 10.6. The van der Waals surface area contributed by atoms with E-state index in [4.69, 9.17) is 55.9 Å². The first-order chi connectivity index (χ1) is 12.9. The molecular weight excluding hydrogens is 434 g/mol. The van der Waals surface area contributed by atoms with Gasteiger partial charge in [-0.25, -0.2) is 0 Å². The van der Waals surface area contributed by atoms with Crippen LogP contribution in [0.15, 0.2) is 53.0 Å². The number of halogens is 4. The molecule has 0 aliphatic rings. The lowest BCUT2D eigenvalue weighted by atomic mass is 10.1. The van der Waals surface area contributed by atoms with E-state index in [2.05, 4.69) is 0 Å². The summed E-state index contributed by atoms with van der Waals surface area (Å²) in [6, 6.07) is 11.3. The van der Waals surface area contributed by atoms with Crippen molar-refractivity contribution in [3.63, 3.8) is 0 Å². The van der Waals surface area contributed by atoms with Crippen LogP contribution in [0.4, 0.5) is 0 Å². The summed E-state index contributed by atoms with van der Waals surface area (Å²) in [6.07, 6.45) is 1.36. The molecule has 0 atom stereocenters. The van der Waals surface area contributed by atoms with Crippen LogP contribution in [-0.2, 0) is 4.79 Å². The lowest BCUT2D eigenvalue weighted by Crippen LogP contribution is -2.17. The predicted molar refractivity (Wildman–Crippen MR) is 108 cm³/mol. The van der Waals surface area contributed by atoms with E-state index in [-0.39, 0.29) is 39.9 Å². The summed E-state index contributed by atoms with van der Waals surface area (Å²) in [4.78, 5) is 24.0. The van der Waals surface area contributed by atoms with Crippen molar-refractivity contribution in [3.05, 3.63) is 68.6 Å². The average Bonchev–Trinajstić information content (AvgIpc) is 2.63. The molecule has 0 fully saturated rings. The summed E-state index contributed by atoms with van der Waals surface area (Å²) < 4.78 is 10.9. The Kier molecular flexibility index (Phi) is 8.45. The van der Waals surface area contributed by atoms with E-state index in [9.17, 15) is 9.59 Å². The summed E-state index contributed by atoms with van der Waals surface area (Å²) in [5.41, 5.74) is 0.339. The highest BCUT2D eigenvalue weighted by Gasteiger charge is 2.17. The smallest absolute Gasteiger partial charge is 0.228 e. The van der Waals surface area contributed by atoms with Gasteiger partial charge in [-0.05, 0) is 6.08 Å². The van der Waals surface area contributed by atoms with E-state index in [0.717, 1.165) is 0 Å². The quantitative estimate of drug-likeness (QED) is 0.354. The number of benzene rings is 2. The van der Waals surface area contributed by atoms with Gasteiger partial charge in [0.2, 0.25) is 11.6 Å². The van der Waals surface area contributed by atoms with Gasteiger partial charge in [-0.3, -0.25) is 9.59 Å². The number of rotatable bonds is 9. The van der Waals surface area contributed by atoms with E-state index in [0.29, 0.717) is 11.3 Å².